The first-order valence-electron chi connectivity index (χ1n) is 6.50. The highest BCUT2D eigenvalue weighted by molar-refractivity contribution is 5.83. The van der Waals surface area contributed by atoms with Crippen LogP contribution in [0, 0.1) is 5.41 Å². The van der Waals surface area contributed by atoms with E-state index in [-0.39, 0.29) is 23.2 Å². The lowest BCUT2D eigenvalue weighted by atomic mass is 9.89. The zero-order valence-electron chi connectivity index (χ0n) is 11.2. The van der Waals surface area contributed by atoms with Crippen molar-refractivity contribution in [2.24, 2.45) is 5.41 Å². The fourth-order valence-corrected chi connectivity index (χ4v) is 3.09. The molecule has 2 atom stereocenters. The number of carbonyl (C=O) groups is 1. The number of carbonyl (C=O) groups excluding carboxylic acids is 1. The number of hydrogen-bond donors (Lipinski definition) is 0. The molecule has 0 saturated carbocycles. The molecule has 17 heavy (non-hydrogen) atoms. The maximum Gasteiger partial charge on any atom is 0.328 e. The third-order valence-electron chi connectivity index (χ3n) is 3.92. The highest BCUT2D eigenvalue weighted by atomic mass is 16.6. The predicted molar refractivity (Wildman–Crippen MR) is 67.4 cm³/mol. The van der Waals surface area contributed by atoms with Gasteiger partial charge in [-0.2, -0.15) is 0 Å². The number of ether oxygens (including phenoxy) is 1. The fourth-order valence-electron chi connectivity index (χ4n) is 3.09. The summed E-state index contributed by atoms with van der Waals surface area (Å²) in [6.07, 6.45) is 5.58. The second-order valence-electron chi connectivity index (χ2n) is 6.28. The Balaban J connectivity index is 2.26. The Morgan fingerprint density at radius 3 is 2.88 bits per heavy atom. The Morgan fingerprint density at radius 2 is 2.29 bits per heavy atom. The van der Waals surface area contributed by atoms with E-state index >= 15 is 0 Å². The molecule has 2 heterocycles. The van der Waals surface area contributed by atoms with Gasteiger partial charge in [-0.15, -0.1) is 6.58 Å². The van der Waals surface area contributed by atoms with Gasteiger partial charge in [-0.25, -0.2) is 4.79 Å². The van der Waals surface area contributed by atoms with Crippen LogP contribution in [0.5, 0.6) is 0 Å². The van der Waals surface area contributed by atoms with E-state index in [1.807, 2.05) is 6.08 Å². The molecule has 0 aliphatic carbocycles. The molecule has 3 nitrogen and oxygen atoms in total. The van der Waals surface area contributed by atoms with Crippen molar-refractivity contribution in [3.63, 3.8) is 0 Å². The quantitative estimate of drug-likeness (QED) is 0.558. The van der Waals surface area contributed by atoms with Crippen LogP contribution in [0.4, 0.5) is 0 Å². The van der Waals surface area contributed by atoms with Crippen LogP contribution in [-0.4, -0.2) is 29.2 Å². The lowest BCUT2D eigenvalue weighted by Gasteiger charge is -2.35. The number of cyclic esters (lactones) is 1. The molecule has 2 rings (SSSR count). The van der Waals surface area contributed by atoms with Crippen molar-refractivity contribution in [1.82, 2.24) is 4.90 Å². The van der Waals surface area contributed by atoms with Gasteiger partial charge in [-0.3, -0.25) is 4.90 Å². The standard InChI is InChI=1S/C14H23NO2/c1-5-6-8-14-9-7-10-15(14)11(13(2,3)4)17-12(14)16/h5,11H,1,6-10H2,2-4H3/t11-,14+/m1/s1. The van der Waals surface area contributed by atoms with Crippen LogP contribution in [0.3, 0.4) is 0 Å². The summed E-state index contributed by atoms with van der Waals surface area (Å²) in [5.41, 5.74) is -0.373. The Morgan fingerprint density at radius 1 is 1.59 bits per heavy atom. The number of esters is 1. The molecule has 0 amide bonds. The molecular formula is C14H23NO2. The largest absolute Gasteiger partial charge is 0.444 e. The maximum absolute atomic E-state index is 12.2. The molecule has 3 heteroatoms. The van der Waals surface area contributed by atoms with E-state index in [1.54, 1.807) is 0 Å². The second-order valence-corrected chi connectivity index (χ2v) is 6.28. The summed E-state index contributed by atoms with van der Waals surface area (Å²) in [5, 5.41) is 0. The van der Waals surface area contributed by atoms with Crippen molar-refractivity contribution in [1.29, 1.82) is 0 Å². The van der Waals surface area contributed by atoms with Crippen LogP contribution in [0.15, 0.2) is 12.7 Å². The van der Waals surface area contributed by atoms with E-state index in [0.717, 1.165) is 32.2 Å². The van der Waals surface area contributed by atoms with Gasteiger partial charge in [0.2, 0.25) is 0 Å². The van der Waals surface area contributed by atoms with E-state index in [9.17, 15) is 4.79 Å². The lowest BCUT2D eigenvalue weighted by Crippen LogP contribution is -2.48. The highest BCUT2D eigenvalue weighted by Gasteiger charge is 2.59. The number of rotatable bonds is 3. The summed E-state index contributed by atoms with van der Waals surface area (Å²) in [6, 6.07) is 0. The number of nitrogens with zero attached hydrogens (tertiary/aromatic N) is 1. The Labute approximate surface area is 104 Å². The van der Waals surface area contributed by atoms with Gasteiger partial charge >= 0.3 is 5.97 Å². The van der Waals surface area contributed by atoms with Crippen molar-refractivity contribution in [2.45, 2.75) is 58.2 Å². The van der Waals surface area contributed by atoms with Gasteiger partial charge in [0.15, 0.2) is 6.23 Å². The van der Waals surface area contributed by atoms with Crippen LogP contribution in [-0.2, 0) is 9.53 Å². The van der Waals surface area contributed by atoms with Gasteiger partial charge in [0, 0.05) is 12.0 Å². The van der Waals surface area contributed by atoms with Gasteiger partial charge in [0.25, 0.3) is 0 Å². The Kier molecular flexibility index (Phi) is 3.06. The van der Waals surface area contributed by atoms with Gasteiger partial charge in [-0.05, 0) is 25.7 Å². The van der Waals surface area contributed by atoms with E-state index < -0.39 is 0 Å². The zero-order valence-corrected chi connectivity index (χ0v) is 11.2. The first-order chi connectivity index (χ1) is 7.92. The summed E-state index contributed by atoms with van der Waals surface area (Å²) in [5.74, 6) is -0.0169. The average Bonchev–Trinajstić information content (AvgIpc) is 2.74. The minimum Gasteiger partial charge on any atom is -0.444 e. The lowest BCUT2D eigenvalue weighted by molar-refractivity contribution is -0.149. The summed E-state index contributed by atoms with van der Waals surface area (Å²) >= 11 is 0. The van der Waals surface area contributed by atoms with Crippen molar-refractivity contribution < 1.29 is 9.53 Å². The Bertz CT molecular complexity index is 332. The molecule has 2 fully saturated rings. The van der Waals surface area contributed by atoms with Crippen molar-refractivity contribution >= 4 is 5.97 Å². The molecule has 2 aliphatic heterocycles. The summed E-state index contributed by atoms with van der Waals surface area (Å²) in [7, 11) is 0. The van der Waals surface area contributed by atoms with Crippen LogP contribution >= 0.6 is 0 Å². The van der Waals surface area contributed by atoms with E-state index in [2.05, 4.69) is 32.3 Å². The van der Waals surface area contributed by atoms with Crippen LogP contribution in [0.25, 0.3) is 0 Å². The molecule has 0 aromatic heterocycles. The molecular weight excluding hydrogens is 214 g/mol. The molecule has 0 aromatic carbocycles. The molecule has 0 unspecified atom stereocenters. The van der Waals surface area contributed by atoms with Crippen LogP contribution in [0.2, 0.25) is 0 Å². The van der Waals surface area contributed by atoms with Gasteiger partial charge in [0.05, 0.1) is 0 Å². The van der Waals surface area contributed by atoms with Crippen LogP contribution in [0.1, 0.15) is 46.5 Å². The molecule has 2 aliphatic rings. The normalized spacial score (nSPS) is 33.6. The average molecular weight is 237 g/mol. The third kappa shape index (κ3) is 1.90. The number of fused-ring (bicyclic) bond motifs is 1. The van der Waals surface area contributed by atoms with E-state index in [4.69, 9.17) is 4.74 Å². The molecule has 0 N–H and O–H groups in total. The molecule has 0 radical (unpaired) electrons. The van der Waals surface area contributed by atoms with Gasteiger partial charge in [-0.1, -0.05) is 26.8 Å². The van der Waals surface area contributed by atoms with Crippen LogP contribution < -0.4 is 0 Å². The topological polar surface area (TPSA) is 29.5 Å². The minimum absolute atomic E-state index is 0.0169. The zero-order chi connectivity index (χ0) is 12.7. The summed E-state index contributed by atoms with van der Waals surface area (Å²) in [6.45, 7) is 11.1. The molecule has 0 aromatic rings. The third-order valence-corrected chi connectivity index (χ3v) is 3.92. The van der Waals surface area contributed by atoms with Gasteiger partial charge in [0.1, 0.15) is 5.54 Å². The number of allylic oxidation sites excluding steroid dienone is 1. The maximum atomic E-state index is 12.2. The number of hydrogen-bond acceptors (Lipinski definition) is 3. The second kappa shape index (κ2) is 4.13. The highest BCUT2D eigenvalue weighted by Crippen LogP contribution is 2.46. The first kappa shape index (κ1) is 12.6. The van der Waals surface area contributed by atoms with Gasteiger partial charge < -0.3 is 4.74 Å². The summed E-state index contributed by atoms with van der Waals surface area (Å²) in [4.78, 5) is 14.5. The van der Waals surface area contributed by atoms with Crippen molar-refractivity contribution in [3.05, 3.63) is 12.7 Å². The molecule has 2 saturated heterocycles. The van der Waals surface area contributed by atoms with Crippen molar-refractivity contribution in [3.8, 4) is 0 Å². The molecule has 0 spiro atoms. The Hall–Kier alpha value is -0.830. The smallest absolute Gasteiger partial charge is 0.328 e. The molecule has 96 valence electrons. The van der Waals surface area contributed by atoms with E-state index in [1.165, 1.54) is 0 Å². The molecule has 0 bridgehead atoms. The van der Waals surface area contributed by atoms with Crippen molar-refractivity contribution in [2.75, 3.05) is 6.54 Å². The fraction of sp³-hybridized carbons (Fsp3) is 0.786. The predicted octanol–water partition coefficient (Wildman–Crippen LogP) is 2.72. The summed E-state index contributed by atoms with van der Waals surface area (Å²) < 4.78 is 5.65. The monoisotopic (exact) mass is 237 g/mol. The SMILES string of the molecule is C=CCC[C@@]12CCCN1[C@@H](C(C)(C)C)OC2=O. The minimum atomic E-state index is -0.355. The van der Waals surface area contributed by atoms with E-state index in [0.29, 0.717) is 0 Å². The first-order valence-corrected chi connectivity index (χ1v) is 6.50.